The Kier molecular flexibility index (Phi) is 3.22. The highest BCUT2D eigenvalue weighted by molar-refractivity contribution is 7.17. The predicted octanol–water partition coefficient (Wildman–Crippen LogP) is 3.11. The van der Waals surface area contributed by atoms with Crippen molar-refractivity contribution in [1.29, 1.82) is 0 Å². The quantitative estimate of drug-likeness (QED) is 0.856. The Hall–Kier alpha value is -1.33. The van der Waals surface area contributed by atoms with Crippen LogP contribution in [0.25, 0.3) is 10.1 Å². The van der Waals surface area contributed by atoms with Crippen LogP contribution in [0.2, 0.25) is 5.02 Å². The third kappa shape index (κ3) is 2.08. The first-order valence-electron chi connectivity index (χ1n) is 4.68. The molecule has 0 aliphatic heterocycles. The summed E-state index contributed by atoms with van der Waals surface area (Å²) in [6.45, 7) is 0. The number of methoxy groups -OCH3 is 1. The van der Waals surface area contributed by atoms with Gasteiger partial charge in [0, 0.05) is 11.5 Å². The fourth-order valence-electron chi connectivity index (χ4n) is 1.55. The van der Waals surface area contributed by atoms with E-state index in [1.54, 1.807) is 5.38 Å². The van der Waals surface area contributed by atoms with Crippen molar-refractivity contribution in [3.8, 4) is 5.75 Å². The summed E-state index contributed by atoms with van der Waals surface area (Å²) >= 11 is 7.03. The summed E-state index contributed by atoms with van der Waals surface area (Å²) in [6.07, 6.45) is 0.0282. The first-order valence-corrected chi connectivity index (χ1v) is 5.94. The second-order valence-corrected chi connectivity index (χ2v) is 4.70. The summed E-state index contributed by atoms with van der Waals surface area (Å²) in [7, 11) is 1.28. The minimum atomic E-state index is -0.717. The highest BCUT2D eigenvalue weighted by Crippen LogP contribution is 2.38. The van der Waals surface area contributed by atoms with E-state index in [2.05, 4.69) is 4.74 Å². The van der Waals surface area contributed by atoms with Crippen molar-refractivity contribution in [3.63, 3.8) is 0 Å². The molecular formula is C11H8ClFO3S. The lowest BCUT2D eigenvalue weighted by Crippen LogP contribution is -2.03. The van der Waals surface area contributed by atoms with Gasteiger partial charge in [0.2, 0.25) is 0 Å². The van der Waals surface area contributed by atoms with E-state index in [9.17, 15) is 14.3 Å². The number of carbonyl (C=O) groups is 1. The zero-order chi connectivity index (χ0) is 12.6. The van der Waals surface area contributed by atoms with E-state index in [4.69, 9.17) is 11.6 Å². The number of phenols is 1. The average molecular weight is 275 g/mol. The molecule has 0 radical (unpaired) electrons. The van der Waals surface area contributed by atoms with Crippen molar-refractivity contribution in [2.45, 2.75) is 6.42 Å². The Balaban J connectivity index is 2.60. The monoisotopic (exact) mass is 274 g/mol. The van der Waals surface area contributed by atoms with Gasteiger partial charge < -0.3 is 9.84 Å². The van der Waals surface area contributed by atoms with Gasteiger partial charge in [0.15, 0.2) is 11.6 Å². The third-order valence-electron chi connectivity index (χ3n) is 2.36. The fourth-order valence-corrected chi connectivity index (χ4v) is 2.95. The van der Waals surface area contributed by atoms with Crippen LogP contribution in [0.15, 0.2) is 11.4 Å². The van der Waals surface area contributed by atoms with Crippen molar-refractivity contribution in [2.75, 3.05) is 7.11 Å². The highest BCUT2D eigenvalue weighted by atomic mass is 35.5. The number of aromatic hydroxyl groups is 1. The Bertz CT molecular complexity index is 594. The third-order valence-corrected chi connectivity index (χ3v) is 3.68. The molecule has 2 aromatic rings. The number of phenolic OH excluding ortho intramolecular Hbond substituents is 1. The molecule has 6 heteroatoms. The van der Waals surface area contributed by atoms with E-state index in [1.807, 2.05) is 0 Å². The topological polar surface area (TPSA) is 46.5 Å². The first-order chi connectivity index (χ1) is 8.04. The molecule has 0 saturated heterocycles. The van der Waals surface area contributed by atoms with E-state index in [0.717, 1.165) is 17.4 Å². The molecule has 0 saturated carbocycles. The Labute approximate surface area is 105 Å². The van der Waals surface area contributed by atoms with Gasteiger partial charge in [-0.15, -0.1) is 11.3 Å². The minimum Gasteiger partial charge on any atom is -0.505 e. The zero-order valence-corrected chi connectivity index (χ0v) is 10.4. The smallest absolute Gasteiger partial charge is 0.310 e. The Morgan fingerprint density at radius 2 is 2.35 bits per heavy atom. The number of halogens is 2. The molecule has 1 aromatic heterocycles. The SMILES string of the molecule is COC(=O)Cc1csc2c(F)c(O)cc(Cl)c12. The van der Waals surface area contributed by atoms with E-state index >= 15 is 0 Å². The highest BCUT2D eigenvalue weighted by Gasteiger charge is 2.17. The van der Waals surface area contributed by atoms with Crippen molar-refractivity contribution >= 4 is 39.0 Å². The number of hydrogen-bond donors (Lipinski definition) is 1. The first kappa shape index (κ1) is 12.1. The van der Waals surface area contributed by atoms with E-state index in [1.165, 1.54) is 7.11 Å². The number of rotatable bonds is 2. The summed E-state index contributed by atoms with van der Waals surface area (Å²) in [5.74, 6) is -1.63. The van der Waals surface area contributed by atoms with Crippen LogP contribution in [-0.2, 0) is 16.0 Å². The number of hydrogen-bond acceptors (Lipinski definition) is 4. The van der Waals surface area contributed by atoms with Gasteiger partial charge in [-0.25, -0.2) is 4.39 Å². The molecule has 1 aromatic carbocycles. The van der Waals surface area contributed by atoms with Gasteiger partial charge in [0.25, 0.3) is 0 Å². The number of thiophene rings is 1. The lowest BCUT2D eigenvalue weighted by atomic mass is 10.1. The molecule has 0 fully saturated rings. The molecule has 0 unspecified atom stereocenters. The molecule has 0 atom stereocenters. The lowest BCUT2D eigenvalue weighted by Gasteiger charge is -2.02. The van der Waals surface area contributed by atoms with Crippen molar-refractivity contribution < 1.29 is 19.0 Å². The molecule has 1 heterocycles. The lowest BCUT2D eigenvalue weighted by molar-refractivity contribution is -0.139. The maximum Gasteiger partial charge on any atom is 0.310 e. The van der Waals surface area contributed by atoms with Crippen molar-refractivity contribution in [2.24, 2.45) is 0 Å². The Morgan fingerprint density at radius 1 is 1.65 bits per heavy atom. The van der Waals surface area contributed by atoms with Crippen LogP contribution >= 0.6 is 22.9 Å². The normalized spacial score (nSPS) is 10.8. The molecule has 0 aliphatic carbocycles. The number of benzene rings is 1. The van der Waals surface area contributed by atoms with Gasteiger partial charge in [-0.2, -0.15) is 0 Å². The number of ether oxygens (including phenoxy) is 1. The van der Waals surface area contributed by atoms with Crippen molar-refractivity contribution in [1.82, 2.24) is 0 Å². The molecule has 3 nitrogen and oxygen atoms in total. The van der Waals surface area contributed by atoms with Crippen molar-refractivity contribution in [3.05, 3.63) is 27.8 Å². The molecule has 90 valence electrons. The number of carbonyl (C=O) groups excluding carboxylic acids is 1. The van der Waals surface area contributed by atoms with E-state index in [-0.39, 0.29) is 16.1 Å². The zero-order valence-electron chi connectivity index (χ0n) is 8.79. The maximum atomic E-state index is 13.6. The molecule has 0 spiro atoms. The largest absolute Gasteiger partial charge is 0.505 e. The van der Waals surface area contributed by atoms with Crippen LogP contribution in [0, 0.1) is 5.82 Å². The summed E-state index contributed by atoms with van der Waals surface area (Å²) in [5, 5.41) is 11.6. The average Bonchev–Trinajstić information content (AvgIpc) is 2.70. The fraction of sp³-hybridized carbons (Fsp3) is 0.182. The van der Waals surface area contributed by atoms with E-state index < -0.39 is 17.5 Å². The van der Waals surface area contributed by atoms with Crippen LogP contribution in [0.3, 0.4) is 0 Å². The number of esters is 1. The second kappa shape index (κ2) is 4.50. The standard InChI is InChI=1S/C11H8ClFO3S/c1-16-8(15)2-5-4-17-11-9(5)6(12)3-7(14)10(11)13/h3-4,14H,2H2,1H3. The summed E-state index contributed by atoms with van der Waals surface area (Å²) < 4.78 is 18.4. The van der Waals surface area contributed by atoms with Crippen LogP contribution < -0.4 is 0 Å². The molecular weight excluding hydrogens is 267 g/mol. The summed E-state index contributed by atoms with van der Waals surface area (Å²) in [4.78, 5) is 11.2. The molecule has 0 aliphatic rings. The molecule has 1 N–H and O–H groups in total. The second-order valence-electron chi connectivity index (χ2n) is 3.41. The van der Waals surface area contributed by atoms with Gasteiger partial charge in [0.1, 0.15) is 0 Å². The molecule has 17 heavy (non-hydrogen) atoms. The van der Waals surface area contributed by atoms with Gasteiger partial charge in [-0.3, -0.25) is 4.79 Å². The van der Waals surface area contributed by atoms with Gasteiger partial charge in [0.05, 0.1) is 23.3 Å². The molecule has 2 rings (SSSR count). The van der Waals surface area contributed by atoms with Crippen LogP contribution in [0.1, 0.15) is 5.56 Å². The van der Waals surface area contributed by atoms with Gasteiger partial charge in [-0.05, 0) is 10.9 Å². The van der Waals surface area contributed by atoms with E-state index in [0.29, 0.717) is 10.9 Å². The predicted molar refractivity (Wildman–Crippen MR) is 64.2 cm³/mol. The maximum absolute atomic E-state index is 13.6. The van der Waals surface area contributed by atoms with Crippen LogP contribution in [-0.4, -0.2) is 18.2 Å². The van der Waals surface area contributed by atoms with Crippen LogP contribution in [0.5, 0.6) is 5.75 Å². The molecule has 0 bridgehead atoms. The minimum absolute atomic E-state index is 0.0282. The van der Waals surface area contributed by atoms with Gasteiger partial charge in [-0.1, -0.05) is 11.6 Å². The Morgan fingerprint density at radius 3 is 3.00 bits per heavy atom. The summed E-state index contributed by atoms with van der Waals surface area (Å²) in [6, 6.07) is 1.13. The molecule has 0 amide bonds. The van der Waals surface area contributed by atoms with Gasteiger partial charge >= 0.3 is 5.97 Å². The van der Waals surface area contributed by atoms with Crippen LogP contribution in [0.4, 0.5) is 4.39 Å². The summed E-state index contributed by atoms with van der Waals surface area (Å²) in [5.41, 5.74) is 0.598. The number of fused-ring (bicyclic) bond motifs is 1.